The van der Waals surface area contributed by atoms with Gasteiger partial charge in [0.2, 0.25) is 0 Å². The number of halogens is 1. The lowest BCUT2D eigenvalue weighted by atomic mass is 9.89. The summed E-state index contributed by atoms with van der Waals surface area (Å²) in [6.45, 7) is 12.5. The van der Waals surface area contributed by atoms with Crippen molar-refractivity contribution in [3.05, 3.63) is 15.9 Å². The van der Waals surface area contributed by atoms with Crippen molar-refractivity contribution in [2.45, 2.75) is 65.6 Å². The Morgan fingerprint density at radius 2 is 2.05 bits per heavy atom. The third-order valence-electron chi connectivity index (χ3n) is 4.21. The molecule has 2 unspecified atom stereocenters. The molecule has 1 rings (SSSR count). The highest BCUT2D eigenvalue weighted by molar-refractivity contribution is 9.10. The normalized spacial score (nSPS) is 16.1. The van der Waals surface area contributed by atoms with Gasteiger partial charge in [-0.2, -0.15) is 5.10 Å². The van der Waals surface area contributed by atoms with Crippen molar-refractivity contribution < 1.29 is 4.74 Å². The molecule has 0 radical (unpaired) electrons. The molecule has 2 atom stereocenters. The smallest absolute Gasteiger partial charge is 0.0804 e. The predicted molar refractivity (Wildman–Crippen MR) is 87.2 cm³/mol. The number of nitrogens with zero attached hydrogens (tertiary/aromatic N) is 2. The molecular formula is C15H28BrN3O. The first-order valence-corrected chi connectivity index (χ1v) is 8.23. The van der Waals surface area contributed by atoms with E-state index >= 15 is 0 Å². The van der Waals surface area contributed by atoms with Crippen molar-refractivity contribution in [1.82, 2.24) is 15.1 Å². The summed E-state index contributed by atoms with van der Waals surface area (Å²) >= 11 is 3.68. The van der Waals surface area contributed by atoms with Crippen molar-refractivity contribution in [2.24, 2.45) is 0 Å². The third-order valence-corrected chi connectivity index (χ3v) is 5.24. The van der Waals surface area contributed by atoms with Crippen LogP contribution in [0.25, 0.3) is 0 Å². The van der Waals surface area contributed by atoms with Crippen LogP contribution in [0.1, 0.15) is 45.5 Å². The SMILES string of the molecule is CCNC(Cc1c(Br)c(C)nn1CC)C(C)(CC)OC. The Morgan fingerprint density at radius 1 is 1.40 bits per heavy atom. The Hall–Kier alpha value is -0.390. The number of methoxy groups -OCH3 is 1. The minimum Gasteiger partial charge on any atom is -0.377 e. The van der Waals surface area contributed by atoms with Crippen LogP contribution < -0.4 is 5.32 Å². The maximum Gasteiger partial charge on any atom is 0.0804 e. The lowest BCUT2D eigenvalue weighted by Crippen LogP contribution is -2.51. The van der Waals surface area contributed by atoms with Crippen LogP contribution in [0.3, 0.4) is 0 Å². The van der Waals surface area contributed by atoms with Crippen LogP contribution in [0.15, 0.2) is 4.47 Å². The molecule has 0 spiro atoms. The molecule has 0 aromatic carbocycles. The van der Waals surface area contributed by atoms with Crippen LogP contribution >= 0.6 is 15.9 Å². The topological polar surface area (TPSA) is 39.1 Å². The maximum absolute atomic E-state index is 5.79. The van der Waals surface area contributed by atoms with Gasteiger partial charge in [-0.15, -0.1) is 0 Å². The third kappa shape index (κ3) is 3.62. The number of rotatable bonds is 8. The standard InChI is InChI=1S/C15H28BrN3O/c1-7-15(5,20-6)13(17-8-2)10-12-14(16)11(4)18-19(12)9-3/h13,17H,7-10H2,1-6H3. The second-order valence-corrected chi connectivity index (χ2v) is 6.14. The Morgan fingerprint density at radius 3 is 2.50 bits per heavy atom. The molecule has 0 fully saturated rings. The first kappa shape index (κ1) is 17.7. The number of likely N-dealkylation sites (N-methyl/N-ethyl adjacent to an activating group) is 1. The summed E-state index contributed by atoms with van der Waals surface area (Å²) in [4.78, 5) is 0. The second-order valence-electron chi connectivity index (χ2n) is 5.35. The van der Waals surface area contributed by atoms with Crippen LogP contribution in [-0.4, -0.2) is 35.1 Å². The highest BCUT2D eigenvalue weighted by Gasteiger charge is 2.33. The Balaban J connectivity index is 3.08. The quantitative estimate of drug-likeness (QED) is 0.785. The summed E-state index contributed by atoms with van der Waals surface area (Å²) in [6, 6.07) is 0.264. The highest BCUT2D eigenvalue weighted by atomic mass is 79.9. The van der Waals surface area contributed by atoms with Gasteiger partial charge in [0.15, 0.2) is 0 Å². The average molecular weight is 346 g/mol. The number of ether oxygens (including phenoxy) is 1. The van der Waals surface area contributed by atoms with E-state index in [4.69, 9.17) is 4.74 Å². The van der Waals surface area contributed by atoms with Gasteiger partial charge in [0, 0.05) is 26.1 Å². The van der Waals surface area contributed by atoms with Gasteiger partial charge in [0.05, 0.1) is 21.5 Å². The number of hydrogen-bond donors (Lipinski definition) is 1. The molecule has 1 heterocycles. The van der Waals surface area contributed by atoms with Gasteiger partial charge in [-0.25, -0.2) is 0 Å². The van der Waals surface area contributed by atoms with Crippen LogP contribution in [0.2, 0.25) is 0 Å². The summed E-state index contributed by atoms with van der Waals surface area (Å²) in [5.41, 5.74) is 2.12. The molecule has 5 heteroatoms. The molecule has 0 aliphatic carbocycles. The number of nitrogens with one attached hydrogen (secondary N) is 1. The van der Waals surface area contributed by atoms with E-state index < -0.39 is 0 Å². The van der Waals surface area contributed by atoms with Gasteiger partial charge in [0.25, 0.3) is 0 Å². The summed E-state index contributed by atoms with van der Waals surface area (Å²) in [7, 11) is 1.80. The molecule has 1 aromatic heterocycles. The fourth-order valence-electron chi connectivity index (χ4n) is 2.54. The second kappa shape index (κ2) is 7.57. The van der Waals surface area contributed by atoms with Crippen LogP contribution in [0, 0.1) is 6.92 Å². The molecule has 0 bridgehead atoms. The highest BCUT2D eigenvalue weighted by Crippen LogP contribution is 2.27. The van der Waals surface area contributed by atoms with Crippen LogP contribution in [0.4, 0.5) is 0 Å². The van der Waals surface area contributed by atoms with Crippen molar-refractivity contribution in [2.75, 3.05) is 13.7 Å². The Kier molecular flexibility index (Phi) is 6.69. The van der Waals surface area contributed by atoms with E-state index in [1.54, 1.807) is 7.11 Å². The molecule has 0 aliphatic heterocycles. The average Bonchev–Trinajstić information content (AvgIpc) is 2.73. The van der Waals surface area contributed by atoms with Crippen LogP contribution in [0.5, 0.6) is 0 Å². The van der Waals surface area contributed by atoms with Crippen molar-refractivity contribution in [3.63, 3.8) is 0 Å². The zero-order valence-electron chi connectivity index (χ0n) is 13.6. The molecule has 1 aromatic rings. The fourth-order valence-corrected chi connectivity index (χ4v) is 2.99. The number of hydrogen-bond acceptors (Lipinski definition) is 3. The van der Waals surface area contributed by atoms with E-state index in [0.29, 0.717) is 0 Å². The van der Waals surface area contributed by atoms with Crippen molar-refractivity contribution in [3.8, 4) is 0 Å². The molecule has 20 heavy (non-hydrogen) atoms. The van der Waals surface area contributed by atoms with Crippen molar-refractivity contribution >= 4 is 15.9 Å². The van der Waals surface area contributed by atoms with Crippen LogP contribution in [-0.2, 0) is 17.7 Å². The lowest BCUT2D eigenvalue weighted by molar-refractivity contribution is -0.0288. The molecular weight excluding hydrogens is 318 g/mol. The zero-order chi connectivity index (χ0) is 15.3. The van der Waals surface area contributed by atoms with Gasteiger partial charge in [-0.3, -0.25) is 4.68 Å². The van der Waals surface area contributed by atoms with Gasteiger partial charge in [-0.05, 0) is 49.7 Å². The molecule has 0 saturated carbocycles. The number of aryl methyl sites for hydroxylation is 2. The molecule has 116 valence electrons. The zero-order valence-corrected chi connectivity index (χ0v) is 15.2. The van der Waals surface area contributed by atoms with E-state index in [0.717, 1.165) is 36.1 Å². The van der Waals surface area contributed by atoms with Gasteiger partial charge in [-0.1, -0.05) is 13.8 Å². The monoisotopic (exact) mass is 345 g/mol. The molecule has 4 nitrogen and oxygen atoms in total. The first-order valence-electron chi connectivity index (χ1n) is 7.43. The molecule has 0 saturated heterocycles. The van der Waals surface area contributed by atoms with Gasteiger partial charge >= 0.3 is 0 Å². The molecule has 1 N–H and O–H groups in total. The van der Waals surface area contributed by atoms with Gasteiger partial charge in [0.1, 0.15) is 0 Å². The number of aromatic nitrogens is 2. The van der Waals surface area contributed by atoms with Crippen molar-refractivity contribution in [1.29, 1.82) is 0 Å². The van der Waals surface area contributed by atoms with E-state index in [9.17, 15) is 0 Å². The first-order chi connectivity index (χ1) is 9.43. The minimum atomic E-state index is -0.174. The summed E-state index contributed by atoms with van der Waals surface area (Å²) < 4.78 is 8.99. The Labute approximate surface area is 131 Å². The molecule has 0 amide bonds. The predicted octanol–water partition coefficient (Wildman–Crippen LogP) is 3.31. The fraction of sp³-hybridized carbons (Fsp3) is 0.800. The summed E-state index contributed by atoms with van der Waals surface area (Å²) in [5, 5.41) is 8.15. The summed E-state index contributed by atoms with van der Waals surface area (Å²) in [5.74, 6) is 0. The van der Waals surface area contributed by atoms with Gasteiger partial charge < -0.3 is 10.1 Å². The van der Waals surface area contributed by atoms with E-state index in [2.05, 4.69) is 58.7 Å². The Bertz CT molecular complexity index is 427. The maximum atomic E-state index is 5.79. The lowest BCUT2D eigenvalue weighted by Gasteiger charge is -2.36. The van der Waals surface area contributed by atoms with E-state index in [1.165, 1.54) is 5.69 Å². The largest absolute Gasteiger partial charge is 0.377 e. The summed E-state index contributed by atoms with van der Waals surface area (Å²) in [6.07, 6.45) is 1.87. The van der Waals surface area contributed by atoms with E-state index in [1.807, 2.05) is 6.92 Å². The van der Waals surface area contributed by atoms with E-state index in [-0.39, 0.29) is 11.6 Å². The molecule has 0 aliphatic rings. The minimum absolute atomic E-state index is 0.174.